The molecule has 1 amide bonds. The van der Waals surface area contributed by atoms with Crippen LogP contribution >= 0.6 is 0 Å². The van der Waals surface area contributed by atoms with Crippen molar-refractivity contribution in [3.05, 3.63) is 53.8 Å². The van der Waals surface area contributed by atoms with Gasteiger partial charge in [-0.3, -0.25) is 4.79 Å². The predicted molar refractivity (Wildman–Crippen MR) is 97.2 cm³/mol. The largest absolute Gasteiger partial charge is 0.490 e. The molecule has 4 rings (SSSR count). The number of carbonyl (C=O) groups excluding carboxylic acids is 1. The third kappa shape index (κ3) is 2.88. The number of benzene rings is 2. The SMILES string of the molecule is CCOc1cccc2cc(C(C)NC(=O)c3ccc4n[nH]nc4c3)oc12. The molecule has 132 valence electrons. The average molecular weight is 350 g/mol. The highest BCUT2D eigenvalue weighted by Gasteiger charge is 2.17. The number of nitrogens with zero attached hydrogens (tertiary/aromatic N) is 2. The van der Waals surface area contributed by atoms with Gasteiger partial charge in [-0.1, -0.05) is 12.1 Å². The number of nitrogens with one attached hydrogen (secondary N) is 2. The summed E-state index contributed by atoms with van der Waals surface area (Å²) in [6.45, 7) is 4.37. The first-order valence-electron chi connectivity index (χ1n) is 8.42. The van der Waals surface area contributed by atoms with Gasteiger partial charge in [0.15, 0.2) is 11.3 Å². The fraction of sp³-hybridized carbons (Fsp3) is 0.211. The van der Waals surface area contributed by atoms with E-state index in [1.54, 1.807) is 18.2 Å². The summed E-state index contributed by atoms with van der Waals surface area (Å²) in [5.74, 6) is 1.17. The summed E-state index contributed by atoms with van der Waals surface area (Å²) in [5.41, 5.74) is 2.57. The quantitative estimate of drug-likeness (QED) is 0.574. The van der Waals surface area contributed by atoms with Crippen molar-refractivity contribution in [3.8, 4) is 5.75 Å². The molecule has 2 aromatic heterocycles. The fourth-order valence-electron chi connectivity index (χ4n) is 2.87. The summed E-state index contributed by atoms with van der Waals surface area (Å²) in [5, 5.41) is 14.4. The zero-order valence-electron chi connectivity index (χ0n) is 14.4. The number of aromatic nitrogens is 3. The number of carbonyl (C=O) groups is 1. The Morgan fingerprint density at radius 2 is 2.08 bits per heavy atom. The van der Waals surface area contributed by atoms with Crippen LogP contribution < -0.4 is 10.1 Å². The Balaban J connectivity index is 1.57. The topological polar surface area (TPSA) is 93.0 Å². The molecule has 7 nitrogen and oxygen atoms in total. The number of furan rings is 1. The van der Waals surface area contributed by atoms with Gasteiger partial charge in [0.1, 0.15) is 16.8 Å². The van der Waals surface area contributed by atoms with Gasteiger partial charge in [-0.2, -0.15) is 15.4 Å². The molecule has 0 aliphatic heterocycles. The number of H-pyrrole nitrogens is 1. The molecule has 2 aromatic carbocycles. The molecular weight excluding hydrogens is 332 g/mol. The summed E-state index contributed by atoms with van der Waals surface area (Å²) in [6, 6.07) is 12.6. The lowest BCUT2D eigenvalue weighted by Crippen LogP contribution is -2.26. The molecule has 0 aliphatic carbocycles. The number of hydrogen-bond donors (Lipinski definition) is 2. The van der Waals surface area contributed by atoms with Crippen molar-refractivity contribution < 1.29 is 13.9 Å². The number of hydrogen-bond acceptors (Lipinski definition) is 5. The van der Waals surface area contributed by atoms with Crippen molar-refractivity contribution in [2.45, 2.75) is 19.9 Å². The van der Waals surface area contributed by atoms with Crippen LogP contribution in [0, 0.1) is 0 Å². The van der Waals surface area contributed by atoms with Gasteiger partial charge in [0.2, 0.25) is 0 Å². The van der Waals surface area contributed by atoms with E-state index < -0.39 is 0 Å². The van der Waals surface area contributed by atoms with Crippen molar-refractivity contribution in [1.29, 1.82) is 0 Å². The normalized spacial score (nSPS) is 12.4. The van der Waals surface area contributed by atoms with Gasteiger partial charge in [0.05, 0.1) is 12.6 Å². The van der Waals surface area contributed by atoms with Crippen molar-refractivity contribution >= 4 is 27.9 Å². The number of fused-ring (bicyclic) bond motifs is 2. The van der Waals surface area contributed by atoms with Crippen LogP contribution in [0.25, 0.3) is 22.0 Å². The molecule has 1 unspecified atom stereocenters. The smallest absolute Gasteiger partial charge is 0.251 e. The first kappa shape index (κ1) is 16.1. The second kappa shape index (κ2) is 6.51. The minimum Gasteiger partial charge on any atom is -0.490 e. The molecule has 26 heavy (non-hydrogen) atoms. The van der Waals surface area contributed by atoms with E-state index in [4.69, 9.17) is 9.15 Å². The molecule has 0 aliphatic rings. The second-order valence-corrected chi connectivity index (χ2v) is 5.98. The molecule has 0 radical (unpaired) electrons. The van der Waals surface area contributed by atoms with E-state index in [0.29, 0.717) is 34.8 Å². The summed E-state index contributed by atoms with van der Waals surface area (Å²) in [7, 11) is 0. The third-order valence-corrected chi connectivity index (χ3v) is 4.18. The van der Waals surface area contributed by atoms with Gasteiger partial charge in [0.25, 0.3) is 5.91 Å². The summed E-state index contributed by atoms with van der Waals surface area (Å²) < 4.78 is 11.5. The Bertz CT molecular complexity index is 1080. The molecule has 0 fully saturated rings. The number of aromatic amines is 1. The molecule has 2 heterocycles. The van der Waals surface area contributed by atoms with Crippen molar-refractivity contribution in [2.24, 2.45) is 0 Å². The summed E-state index contributed by atoms with van der Waals surface area (Å²) in [4.78, 5) is 12.5. The molecular formula is C19H18N4O3. The highest BCUT2D eigenvalue weighted by atomic mass is 16.5. The van der Waals surface area contributed by atoms with Crippen LogP contribution in [-0.2, 0) is 0 Å². The number of para-hydroxylation sites is 1. The van der Waals surface area contributed by atoms with Crippen LogP contribution in [0.1, 0.15) is 36.0 Å². The average Bonchev–Trinajstić information content (AvgIpc) is 3.28. The van der Waals surface area contributed by atoms with Gasteiger partial charge in [0, 0.05) is 10.9 Å². The van der Waals surface area contributed by atoms with Crippen LogP contribution in [0.3, 0.4) is 0 Å². The number of rotatable bonds is 5. The molecule has 0 saturated heterocycles. The minimum absolute atomic E-state index is 0.201. The van der Waals surface area contributed by atoms with Crippen LogP contribution in [-0.4, -0.2) is 27.9 Å². The highest BCUT2D eigenvalue weighted by molar-refractivity contribution is 5.97. The van der Waals surface area contributed by atoms with Gasteiger partial charge < -0.3 is 14.5 Å². The maximum Gasteiger partial charge on any atom is 0.251 e. The van der Waals surface area contributed by atoms with E-state index in [-0.39, 0.29) is 11.9 Å². The van der Waals surface area contributed by atoms with Crippen molar-refractivity contribution in [1.82, 2.24) is 20.7 Å². The Morgan fingerprint density at radius 3 is 2.92 bits per heavy atom. The molecule has 0 bridgehead atoms. The lowest BCUT2D eigenvalue weighted by molar-refractivity contribution is 0.0936. The van der Waals surface area contributed by atoms with E-state index in [9.17, 15) is 4.79 Å². The van der Waals surface area contributed by atoms with Crippen LogP contribution in [0.2, 0.25) is 0 Å². The molecule has 4 aromatic rings. The van der Waals surface area contributed by atoms with Gasteiger partial charge >= 0.3 is 0 Å². The van der Waals surface area contributed by atoms with E-state index in [1.165, 1.54) is 0 Å². The first-order valence-corrected chi connectivity index (χ1v) is 8.42. The van der Waals surface area contributed by atoms with E-state index in [1.807, 2.05) is 38.1 Å². The number of ether oxygens (including phenoxy) is 1. The zero-order valence-corrected chi connectivity index (χ0v) is 14.4. The van der Waals surface area contributed by atoms with Crippen molar-refractivity contribution in [2.75, 3.05) is 6.61 Å². The molecule has 0 spiro atoms. The van der Waals surface area contributed by atoms with Crippen molar-refractivity contribution in [3.63, 3.8) is 0 Å². The lowest BCUT2D eigenvalue weighted by atomic mass is 10.1. The minimum atomic E-state index is -0.294. The zero-order chi connectivity index (χ0) is 18.1. The highest BCUT2D eigenvalue weighted by Crippen LogP contribution is 2.31. The van der Waals surface area contributed by atoms with Crippen LogP contribution in [0.4, 0.5) is 0 Å². The van der Waals surface area contributed by atoms with E-state index in [2.05, 4.69) is 20.7 Å². The fourth-order valence-corrected chi connectivity index (χ4v) is 2.87. The molecule has 7 heteroatoms. The van der Waals surface area contributed by atoms with Gasteiger partial charge in [-0.05, 0) is 44.2 Å². The van der Waals surface area contributed by atoms with Crippen LogP contribution in [0.15, 0.2) is 46.9 Å². The predicted octanol–water partition coefficient (Wildman–Crippen LogP) is 3.59. The number of amides is 1. The summed E-state index contributed by atoms with van der Waals surface area (Å²) >= 11 is 0. The first-order chi connectivity index (χ1) is 12.7. The van der Waals surface area contributed by atoms with Gasteiger partial charge in [-0.15, -0.1) is 0 Å². The Labute approximate surface area is 149 Å². The van der Waals surface area contributed by atoms with Crippen LogP contribution in [0.5, 0.6) is 5.75 Å². The summed E-state index contributed by atoms with van der Waals surface area (Å²) in [6.07, 6.45) is 0. The third-order valence-electron chi connectivity index (χ3n) is 4.18. The molecule has 0 saturated carbocycles. The Morgan fingerprint density at radius 1 is 1.23 bits per heavy atom. The molecule has 1 atom stereocenters. The Kier molecular flexibility index (Phi) is 4.04. The maximum atomic E-state index is 12.5. The van der Waals surface area contributed by atoms with Gasteiger partial charge in [-0.25, -0.2) is 0 Å². The maximum absolute atomic E-state index is 12.5. The Hall–Kier alpha value is -3.35. The second-order valence-electron chi connectivity index (χ2n) is 5.98. The lowest BCUT2D eigenvalue weighted by Gasteiger charge is -2.11. The van der Waals surface area contributed by atoms with E-state index in [0.717, 1.165) is 10.9 Å². The monoisotopic (exact) mass is 350 g/mol. The molecule has 2 N–H and O–H groups in total. The van der Waals surface area contributed by atoms with E-state index >= 15 is 0 Å². The standard InChI is InChI=1S/C19H18N4O3/c1-3-25-16-6-4-5-12-10-17(26-18(12)16)11(2)20-19(24)13-7-8-14-15(9-13)22-23-21-14/h4-11H,3H2,1-2H3,(H,20,24)(H,21,22,23).